The number of amides is 1. The van der Waals surface area contributed by atoms with Crippen LogP contribution < -0.4 is 20.3 Å². The summed E-state index contributed by atoms with van der Waals surface area (Å²) >= 11 is 3.59. The highest BCUT2D eigenvalue weighted by Crippen LogP contribution is 2.36. The van der Waals surface area contributed by atoms with Crippen molar-refractivity contribution in [3.05, 3.63) is 62.0 Å². The number of benzene rings is 2. The minimum Gasteiger partial charge on any atom is -0.493 e. The summed E-state index contributed by atoms with van der Waals surface area (Å²) in [5.41, 5.74) is 2.23. The smallest absolute Gasteiger partial charge is 0.274 e. The van der Waals surface area contributed by atoms with Crippen LogP contribution in [0, 0.1) is 0 Å². The molecular weight excluding hydrogens is 450 g/mol. The number of carbonyl (C=O) groups is 1. The quantitative estimate of drug-likeness (QED) is 0.614. The Morgan fingerprint density at radius 1 is 1.23 bits per heavy atom. The molecule has 0 spiro atoms. The molecule has 1 aliphatic carbocycles. The van der Waals surface area contributed by atoms with Gasteiger partial charge < -0.3 is 14.8 Å². The molecule has 4 rings (SSSR count). The van der Waals surface area contributed by atoms with Gasteiger partial charge in [0.1, 0.15) is 0 Å². The number of aryl methyl sites for hydroxylation is 1. The molecule has 0 bridgehead atoms. The molecule has 1 aromatic heterocycles. The number of methoxy groups -OCH3 is 2. The maximum absolute atomic E-state index is 13.3. The second-order valence-electron chi connectivity index (χ2n) is 7.09. The monoisotopic (exact) mass is 471 g/mol. The summed E-state index contributed by atoms with van der Waals surface area (Å²) in [6, 6.07) is 9.14. The van der Waals surface area contributed by atoms with E-state index in [-0.39, 0.29) is 23.2 Å². The number of carbonyl (C=O) groups excluding carboxylic acids is 1. The Hall–Kier alpha value is -2.87. The molecule has 0 radical (unpaired) electrons. The molecule has 0 aliphatic heterocycles. The Morgan fingerprint density at radius 3 is 2.60 bits per heavy atom. The van der Waals surface area contributed by atoms with Gasteiger partial charge in [0.15, 0.2) is 17.2 Å². The third-order valence-electron chi connectivity index (χ3n) is 5.50. The second kappa shape index (κ2) is 8.10. The Labute approximate surface area is 182 Å². The van der Waals surface area contributed by atoms with E-state index in [1.807, 2.05) is 25.1 Å². The van der Waals surface area contributed by atoms with Gasteiger partial charge in [-0.3, -0.25) is 9.59 Å². The number of rotatable bonds is 5. The van der Waals surface area contributed by atoms with Crippen LogP contribution in [-0.4, -0.2) is 29.9 Å². The number of fused-ring (bicyclic) bond motifs is 2. The third kappa shape index (κ3) is 3.35. The highest BCUT2D eigenvalue weighted by molar-refractivity contribution is 9.10. The van der Waals surface area contributed by atoms with Crippen LogP contribution in [-0.2, 0) is 13.0 Å². The highest BCUT2D eigenvalue weighted by atomic mass is 79.9. The van der Waals surface area contributed by atoms with Crippen molar-refractivity contribution in [2.75, 3.05) is 14.2 Å². The first-order valence-electron chi connectivity index (χ1n) is 9.73. The van der Waals surface area contributed by atoms with E-state index in [1.165, 1.54) is 24.5 Å². The molecular formula is C22H22BrN3O4. The number of nitrogens with one attached hydrogen (secondary N) is 1. The van der Waals surface area contributed by atoms with Crippen LogP contribution in [0.3, 0.4) is 0 Å². The summed E-state index contributed by atoms with van der Waals surface area (Å²) in [7, 11) is 3.02. The van der Waals surface area contributed by atoms with Gasteiger partial charge in [-0.25, -0.2) is 4.68 Å². The summed E-state index contributed by atoms with van der Waals surface area (Å²) in [5, 5.41) is 8.25. The molecule has 1 heterocycles. The molecule has 0 fully saturated rings. The molecule has 0 saturated heterocycles. The van der Waals surface area contributed by atoms with Gasteiger partial charge in [0, 0.05) is 16.4 Å². The van der Waals surface area contributed by atoms with Gasteiger partial charge in [-0.2, -0.15) is 5.10 Å². The van der Waals surface area contributed by atoms with Crippen LogP contribution in [0.25, 0.3) is 10.8 Å². The Bertz CT molecular complexity index is 1210. The molecule has 1 unspecified atom stereocenters. The first-order valence-corrected chi connectivity index (χ1v) is 10.5. The maximum atomic E-state index is 13.3. The maximum Gasteiger partial charge on any atom is 0.274 e. The fraction of sp³-hybridized carbons (Fsp3) is 0.318. The van der Waals surface area contributed by atoms with Crippen LogP contribution in [0.5, 0.6) is 11.5 Å². The van der Waals surface area contributed by atoms with Crippen LogP contribution in [0.4, 0.5) is 0 Å². The minimum atomic E-state index is -0.327. The number of halogens is 1. The highest BCUT2D eigenvalue weighted by Gasteiger charge is 2.27. The number of aromatic nitrogens is 2. The predicted molar refractivity (Wildman–Crippen MR) is 117 cm³/mol. The van der Waals surface area contributed by atoms with Crippen molar-refractivity contribution in [1.29, 1.82) is 0 Å². The third-order valence-corrected chi connectivity index (χ3v) is 6.24. The van der Waals surface area contributed by atoms with Gasteiger partial charge in [-0.05, 0) is 49.1 Å². The number of ether oxygens (including phenoxy) is 2. The lowest BCUT2D eigenvalue weighted by molar-refractivity contribution is 0.0931. The second-order valence-corrected chi connectivity index (χ2v) is 7.95. The molecule has 1 N–H and O–H groups in total. The van der Waals surface area contributed by atoms with E-state index in [4.69, 9.17) is 9.47 Å². The zero-order chi connectivity index (χ0) is 21.4. The molecule has 30 heavy (non-hydrogen) atoms. The van der Waals surface area contributed by atoms with Crippen molar-refractivity contribution in [2.24, 2.45) is 0 Å². The molecule has 2 aromatic carbocycles. The van der Waals surface area contributed by atoms with E-state index in [2.05, 4.69) is 26.3 Å². The van der Waals surface area contributed by atoms with Crippen LogP contribution in [0.1, 0.15) is 41.0 Å². The number of hydrogen-bond acceptors (Lipinski definition) is 5. The van der Waals surface area contributed by atoms with Gasteiger partial charge in [0.2, 0.25) is 0 Å². The molecule has 156 valence electrons. The molecule has 0 saturated carbocycles. The van der Waals surface area contributed by atoms with Crippen molar-refractivity contribution in [2.45, 2.75) is 32.4 Å². The SMILES string of the molecule is CCn1nc(C(=O)NC2CCc3c(Br)cccc32)c2cc(OC)c(OC)cc2c1=O. The average Bonchev–Trinajstić information content (AvgIpc) is 3.17. The van der Waals surface area contributed by atoms with E-state index in [1.54, 1.807) is 12.1 Å². The van der Waals surface area contributed by atoms with Crippen molar-refractivity contribution >= 4 is 32.6 Å². The molecule has 7 nitrogen and oxygen atoms in total. The van der Waals surface area contributed by atoms with Crippen LogP contribution >= 0.6 is 15.9 Å². The van der Waals surface area contributed by atoms with Gasteiger partial charge in [-0.1, -0.05) is 28.1 Å². The van der Waals surface area contributed by atoms with E-state index in [0.29, 0.717) is 28.8 Å². The summed E-state index contributed by atoms with van der Waals surface area (Å²) in [4.78, 5) is 26.1. The van der Waals surface area contributed by atoms with Gasteiger partial charge in [-0.15, -0.1) is 0 Å². The zero-order valence-electron chi connectivity index (χ0n) is 17.0. The molecule has 8 heteroatoms. The molecule has 1 aliphatic rings. The summed E-state index contributed by atoms with van der Waals surface area (Å²) in [6.07, 6.45) is 1.70. The van der Waals surface area contributed by atoms with Crippen molar-refractivity contribution in [3.63, 3.8) is 0 Å². The summed E-state index contributed by atoms with van der Waals surface area (Å²) in [6.45, 7) is 2.16. The van der Waals surface area contributed by atoms with Crippen LogP contribution in [0.15, 0.2) is 39.6 Å². The topological polar surface area (TPSA) is 82.5 Å². The fourth-order valence-corrected chi connectivity index (χ4v) is 4.56. The number of nitrogens with zero attached hydrogens (tertiary/aromatic N) is 2. The fourth-order valence-electron chi connectivity index (χ4n) is 3.98. The largest absolute Gasteiger partial charge is 0.493 e. The van der Waals surface area contributed by atoms with Crippen LogP contribution in [0.2, 0.25) is 0 Å². The lowest BCUT2D eigenvalue weighted by atomic mass is 10.1. The van der Waals surface area contributed by atoms with Crippen molar-refractivity contribution in [3.8, 4) is 11.5 Å². The molecule has 3 aromatic rings. The van der Waals surface area contributed by atoms with Gasteiger partial charge >= 0.3 is 0 Å². The first kappa shape index (κ1) is 20.4. The van der Waals surface area contributed by atoms with Gasteiger partial charge in [0.25, 0.3) is 11.5 Å². The predicted octanol–water partition coefficient (Wildman–Crippen LogP) is 3.61. The van der Waals surface area contributed by atoms with E-state index >= 15 is 0 Å². The zero-order valence-corrected chi connectivity index (χ0v) is 18.6. The lowest BCUT2D eigenvalue weighted by Crippen LogP contribution is -2.32. The Balaban J connectivity index is 1.80. The molecule has 1 atom stereocenters. The summed E-state index contributed by atoms with van der Waals surface area (Å²) < 4.78 is 13.0. The van der Waals surface area contributed by atoms with Gasteiger partial charge in [0.05, 0.1) is 25.6 Å². The Morgan fingerprint density at radius 2 is 1.93 bits per heavy atom. The van der Waals surface area contributed by atoms with E-state index in [0.717, 1.165) is 22.9 Å². The number of hydrogen-bond donors (Lipinski definition) is 1. The standard InChI is InChI=1S/C22H22BrN3O4/c1-4-26-22(28)15-11-19(30-3)18(29-2)10-14(15)20(25-26)21(27)24-17-9-8-12-13(17)6-5-7-16(12)23/h5-7,10-11,17H,4,8-9H2,1-3H3,(H,24,27). The van der Waals surface area contributed by atoms with Crippen molar-refractivity contribution in [1.82, 2.24) is 15.1 Å². The normalized spacial score (nSPS) is 15.1. The van der Waals surface area contributed by atoms with E-state index < -0.39 is 0 Å². The Kier molecular flexibility index (Phi) is 5.51. The molecule has 1 amide bonds. The van der Waals surface area contributed by atoms with Crippen molar-refractivity contribution < 1.29 is 14.3 Å². The minimum absolute atomic E-state index is 0.107. The first-order chi connectivity index (χ1) is 14.5. The lowest BCUT2D eigenvalue weighted by Gasteiger charge is -2.16. The average molecular weight is 472 g/mol. The summed E-state index contributed by atoms with van der Waals surface area (Å²) in [5.74, 6) is 0.536. The van der Waals surface area contributed by atoms with E-state index in [9.17, 15) is 9.59 Å².